The lowest BCUT2D eigenvalue weighted by atomic mass is 10.2. The van der Waals surface area contributed by atoms with Gasteiger partial charge < -0.3 is 10.2 Å². The van der Waals surface area contributed by atoms with Gasteiger partial charge in [0.05, 0.1) is 17.4 Å². The minimum atomic E-state index is -3.96. The molecule has 0 radical (unpaired) electrons. The number of hydrogen-bond acceptors (Lipinski definition) is 5. The van der Waals surface area contributed by atoms with Crippen LogP contribution in [0.2, 0.25) is 0 Å². The summed E-state index contributed by atoms with van der Waals surface area (Å²) >= 11 is 0. The molecule has 0 spiro atoms. The van der Waals surface area contributed by atoms with Gasteiger partial charge in [0.15, 0.2) is 0 Å². The Hall–Kier alpha value is -2.74. The highest BCUT2D eigenvalue weighted by molar-refractivity contribution is 7.92. The maximum absolute atomic E-state index is 12.2. The summed E-state index contributed by atoms with van der Waals surface area (Å²) in [6.07, 6.45) is 1.62. The minimum absolute atomic E-state index is 0.217. The molecule has 21 heavy (non-hydrogen) atoms. The van der Waals surface area contributed by atoms with Gasteiger partial charge in [0.25, 0.3) is 10.0 Å². The Bertz CT molecular complexity index is 918. The van der Waals surface area contributed by atoms with E-state index >= 15 is 0 Å². The Balaban J connectivity index is 1.98. The summed E-state index contributed by atoms with van der Waals surface area (Å²) in [6, 6.07) is 8.18. The summed E-state index contributed by atoms with van der Waals surface area (Å²) in [7, 11) is -3.96. The highest BCUT2D eigenvalue weighted by atomic mass is 32.2. The summed E-state index contributed by atoms with van der Waals surface area (Å²) in [5.41, 5.74) is 1.02. The van der Waals surface area contributed by atoms with E-state index < -0.39 is 15.8 Å². The predicted octanol–water partition coefficient (Wildman–Crippen LogP) is 1.77. The average Bonchev–Trinajstić information content (AvgIpc) is 2.85. The van der Waals surface area contributed by atoms with E-state index in [2.05, 4.69) is 14.9 Å². The van der Waals surface area contributed by atoms with Gasteiger partial charge in [-0.3, -0.25) is 9.82 Å². The number of rotatable bonds is 3. The Morgan fingerprint density at radius 1 is 1.10 bits per heavy atom. The van der Waals surface area contributed by atoms with Gasteiger partial charge in [0.2, 0.25) is 0 Å². The molecule has 2 aromatic carbocycles. The van der Waals surface area contributed by atoms with E-state index in [9.17, 15) is 18.6 Å². The van der Waals surface area contributed by atoms with Crippen LogP contribution in [-0.4, -0.2) is 28.8 Å². The maximum atomic E-state index is 12.2. The fourth-order valence-corrected chi connectivity index (χ4v) is 3.07. The lowest BCUT2D eigenvalue weighted by molar-refractivity contribution is 0.440. The minimum Gasteiger partial charge on any atom is -0.508 e. The number of aromatic amines is 1. The molecule has 8 heteroatoms. The van der Waals surface area contributed by atoms with Gasteiger partial charge in [-0.15, -0.1) is 0 Å². The summed E-state index contributed by atoms with van der Waals surface area (Å²) in [6.45, 7) is 0. The molecule has 1 aromatic heterocycles. The molecule has 4 N–H and O–H groups in total. The number of nitrogens with zero attached hydrogens (tertiary/aromatic N) is 1. The quantitative estimate of drug-likeness (QED) is 0.588. The van der Waals surface area contributed by atoms with Gasteiger partial charge in [-0.1, -0.05) is 0 Å². The first-order valence-corrected chi connectivity index (χ1v) is 7.42. The molecular weight excluding hydrogens is 294 g/mol. The predicted molar refractivity (Wildman–Crippen MR) is 76.7 cm³/mol. The molecule has 0 saturated carbocycles. The number of phenols is 2. The Morgan fingerprint density at radius 3 is 2.67 bits per heavy atom. The molecule has 0 aliphatic heterocycles. The van der Waals surface area contributed by atoms with E-state index in [1.165, 1.54) is 6.07 Å². The van der Waals surface area contributed by atoms with Gasteiger partial charge in [-0.05, 0) is 30.3 Å². The van der Waals surface area contributed by atoms with Crippen LogP contribution in [0.3, 0.4) is 0 Å². The molecule has 0 saturated heterocycles. The number of nitrogens with one attached hydrogen (secondary N) is 2. The van der Waals surface area contributed by atoms with E-state index in [1.54, 1.807) is 24.4 Å². The second kappa shape index (κ2) is 4.67. The van der Waals surface area contributed by atoms with Crippen LogP contribution in [0.25, 0.3) is 10.9 Å². The van der Waals surface area contributed by atoms with Crippen molar-refractivity contribution in [3.8, 4) is 11.5 Å². The number of anilines is 1. The Morgan fingerprint density at radius 2 is 1.90 bits per heavy atom. The van der Waals surface area contributed by atoms with Crippen molar-refractivity contribution in [2.75, 3.05) is 4.72 Å². The number of aromatic hydroxyl groups is 2. The van der Waals surface area contributed by atoms with Crippen LogP contribution >= 0.6 is 0 Å². The van der Waals surface area contributed by atoms with E-state index in [-0.39, 0.29) is 10.6 Å². The molecule has 0 unspecified atom stereocenters. The maximum Gasteiger partial charge on any atom is 0.265 e. The Labute approximate surface area is 119 Å². The molecule has 3 aromatic rings. The second-order valence-corrected chi connectivity index (χ2v) is 6.08. The van der Waals surface area contributed by atoms with Crippen LogP contribution in [0.5, 0.6) is 11.5 Å². The smallest absolute Gasteiger partial charge is 0.265 e. The van der Waals surface area contributed by atoms with Crippen molar-refractivity contribution >= 4 is 26.6 Å². The molecule has 0 bridgehead atoms. The molecule has 0 aliphatic rings. The normalized spacial score (nSPS) is 11.6. The van der Waals surface area contributed by atoms with Crippen LogP contribution in [-0.2, 0) is 10.0 Å². The van der Waals surface area contributed by atoms with Crippen LogP contribution in [0, 0.1) is 0 Å². The topological polar surface area (TPSA) is 115 Å². The second-order valence-electron chi connectivity index (χ2n) is 4.43. The third-order valence-electron chi connectivity index (χ3n) is 2.93. The van der Waals surface area contributed by atoms with E-state index in [0.717, 1.165) is 17.5 Å². The lowest BCUT2D eigenvalue weighted by Crippen LogP contribution is -2.13. The number of sulfonamides is 1. The largest absolute Gasteiger partial charge is 0.508 e. The number of fused-ring (bicyclic) bond motifs is 1. The zero-order valence-corrected chi connectivity index (χ0v) is 11.4. The van der Waals surface area contributed by atoms with Crippen molar-refractivity contribution in [2.45, 2.75) is 4.90 Å². The van der Waals surface area contributed by atoms with Crippen LogP contribution < -0.4 is 4.72 Å². The fraction of sp³-hybridized carbons (Fsp3) is 0. The van der Waals surface area contributed by atoms with Crippen molar-refractivity contribution in [2.24, 2.45) is 0 Å². The first-order valence-electron chi connectivity index (χ1n) is 5.94. The first-order chi connectivity index (χ1) is 9.95. The van der Waals surface area contributed by atoms with Gasteiger partial charge in [-0.2, -0.15) is 5.10 Å². The van der Waals surface area contributed by atoms with Crippen molar-refractivity contribution < 1.29 is 18.6 Å². The molecule has 3 rings (SSSR count). The van der Waals surface area contributed by atoms with E-state index in [4.69, 9.17) is 0 Å². The summed E-state index contributed by atoms with van der Waals surface area (Å²) in [5, 5.41) is 26.3. The SMILES string of the molecule is O=S(=O)(Nc1ccc2cn[nH]c2c1)c1ccc(O)cc1O. The summed E-state index contributed by atoms with van der Waals surface area (Å²) in [4.78, 5) is -0.315. The first kappa shape index (κ1) is 13.3. The van der Waals surface area contributed by atoms with Gasteiger partial charge in [0.1, 0.15) is 16.4 Å². The van der Waals surface area contributed by atoms with E-state index in [1.807, 2.05) is 0 Å². The molecular formula is C13H11N3O4S. The zero-order chi connectivity index (χ0) is 15.0. The lowest BCUT2D eigenvalue weighted by Gasteiger charge is -2.09. The molecule has 0 aliphatic carbocycles. The molecule has 0 fully saturated rings. The van der Waals surface area contributed by atoms with Crippen molar-refractivity contribution in [3.05, 3.63) is 42.6 Å². The number of benzene rings is 2. The monoisotopic (exact) mass is 305 g/mol. The standard InChI is InChI=1S/C13H11N3O4S/c17-10-3-4-13(12(18)6-10)21(19,20)16-9-2-1-8-7-14-15-11(8)5-9/h1-7,16-18H,(H,14,15). The van der Waals surface area contributed by atoms with Crippen molar-refractivity contribution in [1.82, 2.24) is 10.2 Å². The third-order valence-corrected chi connectivity index (χ3v) is 4.35. The number of phenolic OH excluding ortho intramolecular Hbond substituents is 2. The third kappa shape index (κ3) is 2.48. The number of aromatic nitrogens is 2. The Kier molecular flexibility index (Phi) is 2.95. The van der Waals surface area contributed by atoms with Crippen molar-refractivity contribution in [3.63, 3.8) is 0 Å². The number of H-pyrrole nitrogens is 1. The molecule has 7 nitrogen and oxygen atoms in total. The molecule has 0 atom stereocenters. The van der Waals surface area contributed by atoms with Gasteiger partial charge in [0, 0.05) is 11.5 Å². The molecule has 0 amide bonds. The van der Waals surface area contributed by atoms with Crippen LogP contribution in [0.1, 0.15) is 0 Å². The highest BCUT2D eigenvalue weighted by Crippen LogP contribution is 2.28. The zero-order valence-electron chi connectivity index (χ0n) is 10.6. The van der Waals surface area contributed by atoms with E-state index in [0.29, 0.717) is 11.2 Å². The van der Waals surface area contributed by atoms with Crippen molar-refractivity contribution in [1.29, 1.82) is 0 Å². The average molecular weight is 305 g/mol. The summed E-state index contributed by atoms with van der Waals surface area (Å²) in [5.74, 6) is -0.740. The van der Waals surface area contributed by atoms with Gasteiger partial charge >= 0.3 is 0 Å². The summed E-state index contributed by atoms with van der Waals surface area (Å²) < 4.78 is 26.8. The van der Waals surface area contributed by atoms with Crippen LogP contribution in [0.15, 0.2) is 47.5 Å². The highest BCUT2D eigenvalue weighted by Gasteiger charge is 2.19. The van der Waals surface area contributed by atoms with Gasteiger partial charge in [-0.25, -0.2) is 8.42 Å². The fourth-order valence-electron chi connectivity index (χ4n) is 1.94. The molecule has 1 heterocycles. The molecule has 108 valence electrons. The van der Waals surface area contributed by atoms with Crippen LogP contribution in [0.4, 0.5) is 5.69 Å². The number of hydrogen-bond donors (Lipinski definition) is 4.